The van der Waals surface area contributed by atoms with Gasteiger partial charge < -0.3 is 10.1 Å². The van der Waals surface area contributed by atoms with Crippen molar-refractivity contribution in [3.8, 4) is 5.75 Å². The second-order valence-electron chi connectivity index (χ2n) is 9.35. The van der Waals surface area contributed by atoms with Gasteiger partial charge in [0.25, 0.3) is 0 Å². The normalized spacial score (nSPS) is 21.5. The van der Waals surface area contributed by atoms with E-state index in [2.05, 4.69) is 49.2 Å². The van der Waals surface area contributed by atoms with Gasteiger partial charge in [-0.25, -0.2) is 4.39 Å². The van der Waals surface area contributed by atoms with Crippen molar-refractivity contribution in [1.82, 2.24) is 10.2 Å². The zero-order valence-electron chi connectivity index (χ0n) is 18.1. The third-order valence-corrected chi connectivity index (χ3v) is 6.22. The van der Waals surface area contributed by atoms with Gasteiger partial charge in [0, 0.05) is 24.4 Å². The molecule has 2 aromatic carbocycles. The topological polar surface area (TPSA) is 41.6 Å². The first kappa shape index (κ1) is 20.9. The summed E-state index contributed by atoms with van der Waals surface area (Å²) in [5, 5.41) is 3.31. The monoisotopic (exact) mass is 410 g/mol. The Morgan fingerprint density at radius 1 is 1.17 bits per heavy atom. The summed E-state index contributed by atoms with van der Waals surface area (Å²) in [7, 11) is 0. The molecule has 4 rings (SSSR count). The fraction of sp³-hybridized carbons (Fsp3) is 0.480. The van der Waals surface area contributed by atoms with Gasteiger partial charge in [-0.05, 0) is 76.0 Å². The molecule has 1 N–H and O–H groups in total. The molecule has 0 unspecified atom stereocenters. The predicted octanol–water partition coefficient (Wildman–Crippen LogP) is 4.76. The smallest absolute Gasteiger partial charge is 0.223 e. The lowest BCUT2D eigenvalue weighted by Crippen LogP contribution is -2.45. The Balaban J connectivity index is 1.35. The molecule has 2 heterocycles. The highest BCUT2D eigenvalue weighted by Gasteiger charge is 2.36. The SMILES string of the molecule is Cc1ccc2c(c1)OC(C)(C)C[C@H]2NC(=O)C1CCN(Cc2ccc(F)cc2)CC1. The van der Waals surface area contributed by atoms with E-state index in [1.807, 2.05) is 12.1 Å². The first-order valence-electron chi connectivity index (χ1n) is 10.9. The Bertz CT molecular complexity index is 902. The highest BCUT2D eigenvalue weighted by Crippen LogP contribution is 2.40. The number of aryl methyl sites for hydroxylation is 1. The lowest BCUT2D eigenvalue weighted by Gasteiger charge is -2.39. The number of carbonyl (C=O) groups excluding carboxylic acids is 1. The van der Waals surface area contributed by atoms with Crippen molar-refractivity contribution in [1.29, 1.82) is 0 Å². The van der Waals surface area contributed by atoms with Crippen LogP contribution >= 0.6 is 0 Å². The number of nitrogens with one attached hydrogen (secondary N) is 1. The van der Waals surface area contributed by atoms with Gasteiger partial charge in [0.2, 0.25) is 5.91 Å². The molecule has 0 radical (unpaired) electrons. The summed E-state index contributed by atoms with van der Waals surface area (Å²) in [6.45, 7) is 8.76. The lowest BCUT2D eigenvalue weighted by molar-refractivity contribution is -0.127. The van der Waals surface area contributed by atoms with Crippen LogP contribution < -0.4 is 10.1 Å². The molecule has 2 aliphatic heterocycles. The van der Waals surface area contributed by atoms with Gasteiger partial charge in [-0.3, -0.25) is 9.69 Å². The maximum atomic E-state index is 13.1. The standard InChI is InChI=1S/C25H31FN2O2/c1-17-4-9-21-22(15-25(2,3)30-23(21)14-17)27-24(29)19-10-12-28(13-11-19)16-18-5-7-20(26)8-6-18/h4-9,14,19,22H,10-13,15-16H2,1-3H3,(H,27,29)/t22-/m1/s1. The van der Waals surface area contributed by atoms with Crippen molar-refractivity contribution in [3.63, 3.8) is 0 Å². The first-order chi connectivity index (χ1) is 14.3. The average molecular weight is 411 g/mol. The summed E-state index contributed by atoms with van der Waals surface area (Å²) >= 11 is 0. The van der Waals surface area contributed by atoms with Crippen LogP contribution in [0.25, 0.3) is 0 Å². The number of rotatable bonds is 4. The summed E-state index contributed by atoms with van der Waals surface area (Å²) in [5.74, 6) is 0.854. The van der Waals surface area contributed by atoms with Gasteiger partial charge in [0.1, 0.15) is 17.2 Å². The number of nitrogens with zero attached hydrogens (tertiary/aromatic N) is 1. The fourth-order valence-electron chi connectivity index (χ4n) is 4.58. The van der Waals surface area contributed by atoms with Crippen molar-refractivity contribution in [2.24, 2.45) is 5.92 Å². The number of piperidine rings is 1. The van der Waals surface area contributed by atoms with Crippen LogP contribution in [0.4, 0.5) is 4.39 Å². The second-order valence-corrected chi connectivity index (χ2v) is 9.35. The highest BCUT2D eigenvalue weighted by atomic mass is 19.1. The largest absolute Gasteiger partial charge is 0.487 e. The van der Waals surface area contributed by atoms with Crippen molar-refractivity contribution in [3.05, 3.63) is 65.0 Å². The molecule has 30 heavy (non-hydrogen) atoms. The summed E-state index contributed by atoms with van der Waals surface area (Å²) in [6, 6.07) is 12.9. The first-order valence-corrected chi connectivity index (χ1v) is 10.9. The molecule has 0 saturated carbocycles. The number of likely N-dealkylation sites (tertiary alicyclic amines) is 1. The van der Waals surface area contributed by atoms with Gasteiger partial charge in [-0.1, -0.05) is 24.3 Å². The Kier molecular flexibility index (Phi) is 5.83. The van der Waals surface area contributed by atoms with Gasteiger partial charge in [-0.15, -0.1) is 0 Å². The van der Waals surface area contributed by atoms with E-state index < -0.39 is 0 Å². The van der Waals surface area contributed by atoms with E-state index >= 15 is 0 Å². The second kappa shape index (κ2) is 8.38. The minimum atomic E-state index is -0.308. The molecular formula is C25H31FN2O2. The van der Waals surface area contributed by atoms with Crippen LogP contribution in [0.2, 0.25) is 0 Å². The molecule has 1 saturated heterocycles. The lowest BCUT2D eigenvalue weighted by atomic mass is 9.88. The van der Waals surface area contributed by atoms with Crippen LogP contribution in [0.15, 0.2) is 42.5 Å². The third-order valence-electron chi connectivity index (χ3n) is 6.22. The van der Waals surface area contributed by atoms with Crippen LogP contribution in [-0.4, -0.2) is 29.5 Å². The molecule has 0 aromatic heterocycles. The van der Waals surface area contributed by atoms with Crippen LogP contribution in [-0.2, 0) is 11.3 Å². The van der Waals surface area contributed by atoms with Crippen LogP contribution in [0.3, 0.4) is 0 Å². The average Bonchev–Trinajstić information content (AvgIpc) is 2.69. The fourth-order valence-corrected chi connectivity index (χ4v) is 4.58. The van der Waals surface area contributed by atoms with E-state index in [0.29, 0.717) is 0 Å². The van der Waals surface area contributed by atoms with Gasteiger partial charge in [0.15, 0.2) is 0 Å². The van der Waals surface area contributed by atoms with E-state index in [-0.39, 0.29) is 29.3 Å². The van der Waals surface area contributed by atoms with Crippen LogP contribution in [0.5, 0.6) is 5.75 Å². The zero-order chi connectivity index (χ0) is 21.3. The van der Waals surface area contributed by atoms with Crippen LogP contribution in [0.1, 0.15) is 55.8 Å². The van der Waals surface area contributed by atoms with Crippen molar-refractivity contribution < 1.29 is 13.9 Å². The zero-order valence-corrected chi connectivity index (χ0v) is 18.1. The number of hydrogen-bond acceptors (Lipinski definition) is 3. The number of hydrogen-bond donors (Lipinski definition) is 1. The molecule has 2 aliphatic rings. The quantitative estimate of drug-likeness (QED) is 0.790. The van der Waals surface area contributed by atoms with Gasteiger partial charge in [-0.2, -0.15) is 0 Å². The number of amides is 1. The maximum absolute atomic E-state index is 13.1. The summed E-state index contributed by atoms with van der Waals surface area (Å²) < 4.78 is 19.2. The Hall–Kier alpha value is -2.40. The molecule has 0 spiro atoms. The van der Waals surface area contributed by atoms with Crippen molar-refractivity contribution in [2.45, 2.75) is 58.2 Å². The summed E-state index contributed by atoms with van der Waals surface area (Å²) in [5.41, 5.74) is 3.03. The highest BCUT2D eigenvalue weighted by molar-refractivity contribution is 5.79. The van der Waals surface area contributed by atoms with E-state index in [1.54, 1.807) is 0 Å². The molecule has 4 nitrogen and oxygen atoms in total. The van der Waals surface area contributed by atoms with E-state index in [4.69, 9.17) is 4.74 Å². The number of ether oxygens (including phenoxy) is 1. The number of carbonyl (C=O) groups is 1. The Labute approximate surface area is 178 Å². The van der Waals surface area contributed by atoms with Crippen LogP contribution in [0, 0.1) is 18.7 Å². The van der Waals surface area contributed by atoms with Gasteiger partial charge >= 0.3 is 0 Å². The molecule has 1 amide bonds. The Morgan fingerprint density at radius 2 is 1.87 bits per heavy atom. The van der Waals surface area contributed by atoms with Crippen molar-refractivity contribution in [2.75, 3.05) is 13.1 Å². The molecular weight excluding hydrogens is 379 g/mol. The maximum Gasteiger partial charge on any atom is 0.223 e. The Morgan fingerprint density at radius 3 is 2.57 bits per heavy atom. The molecule has 1 fully saturated rings. The minimum Gasteiger partial charge on any atom is -0.487 e. The predicted molar refractivity (Wildman–Crippen MR) is 116 cm³/mol. The molecule has 2 aromatic rings. The minimum absolute atomic E-state index is 0.0194. The number of benzene rings is 2. The molecule has 0 aliphatic carbocycles. The van der Waals surface area contributed by atoms with E-state index in [9.17, 15) is 9.18 Å². The summed E-state index contributed by atoms with van der Waals surface area (Å²) in [4.78, 5) is 15.4. The number of fused-ring (bicyclic) bond motifs is 1. The van der Waals surface area contributed by atoms with Crippen molar-refractivity contribution >= 4 is 5.91 Å². The number of halogens is 1. The van der Waals surface area contributed by atoms with E-state index in [0.717, 1.165) is 61.3 Å². The summed E-state index contributed by atoms with van der Waals surface area (Å²) in [6.07, 6.45) is 2.46. The molecule has 0 bridgehead atoms. The van der Waals surface area contributed by atoms with Gasteiger partial charge in [0.05, 0.1) is 6.04 Å². The molecule has 5 heteroatoms. The molecule has 160 valence electrons. The molecule has 1 atom stereocenters. The third kappa shape index (κ3) is 4.84. The van der Waals surface area contributed by atoms with E-state index in [1.165, 1.54) is 12.1 Å².